The third-order valence-electron chi connectivity index (χ3n) is 3.61. The van der Waals surface area contributed by atoms with Gasteiger partial charge in [0.25, 0.3) is 15.6 Å². The van der Waals surface area contributed by atoms with E-state index in [4.69, 9.17) is 16.3 Å². The lowest BCUT2D eigenvalue weighted by Crippen LogP contribution is -2.23. The van der Waals surface area contributed by atoms with Crippen LogP contribution >= 0.6 is 11.6 Å². The van der Waals surface area contributed by atoms with Crippen molar-refractivity contribution in [2.24, 2.45) is 0 Å². The van der Waals surface area contributed by atoms with Crippen molar-refractivity contribution < 1.29 is 13.2 Å². The molecule has 0 atom stereocenters. The molecule has 0 saturated heterocycles. The molecule has 3 rings (SSSR count). The van der Waals surface area contributed by atoms with E-state index in [1.54, 1.807) is 19.1 Å². The molecule has 1 N–H and O–H groups in total. The van der Waals surface area contributed by atoms with Crippen LogP contribution in [0.25, 0.3) is 5.52 Å². The van der Waals surface area contributed by atoms with E-state index in [2.05, 4.69) is 9.82 Å². The van der Waals surface area contributed by atoms with Gasteiger partial charge >= 0.3 is 0 Å². The minimum atomic E-state index is -3.95. The zero-order valence-corrected chi connectivity index (χ0v) is 15.0. The highest BCUT2D eigenvalue weighted by Gasteiger charge is 2.20. The van der Waals surface area contributed by atoms with Crippen LogP contribution in [0.5, 0.6) is 5.75 Å². The van der Waals surface area contributed by atoms with Crippen molar-refractivity contribution in [3.8, 4) is 5.75 Å². The Hall–Kier alpha value is -2.52. The van der Waals surface area contributed by atoms with Gasteiger partial charge in [0.1, 0.15) is 22.5 Å². The summed E-state index contributed by atoms with van der Waals surface area (Å²) in [6, 6.07) is 5.89. The lowest BCUT2D eigenvalue weighted by Gasteiger charge is -2.11. The summed E-state index contributed by atoms with van der Waals surface area (Å²) >= 11 is 5.92. The molecule has 132 valence electrons. The summed E-state index contributed by atoms with van der Waals surface area (Å²) in [4.78, 5) is 12.2. The highest BCUT2D eigenvalue weighted by atomic mass is 35.5. The van der Waals surface area contributed by atoms with E-state index in [9.17, 15) is 13.2 Å². The minimum Gasteiger partial charge on any atom is -0.495 e. The van der Waals surface area contributed by atoms with Crippen LogP contribution in [0.1, 0.15) is 6.92 Å². The van der Waals surface area contributed by atoms with Crippen molar-refractivity contribution in [2.45, 2.75) is 18.4 Å². The number of fused-ring (bicyclic) bond motifs is 1. The maximum Gasteiger partial charge on any atom is 0.291 e. The van der Waals surface area contributed by atoms with Gasteiger partial charge in [0.05, 0.1) is 12.8 Å². The Morgan fingerprint density at radius 3 is 2.76 bits per heavy atom. The second kappa shape index (κ2) is 6.41. The first kappa shape index (κ1) is 17.3. The summed E-state index contributed by atoms with van der Waals surface area (Å²) in [5.41, 5.74) is 0.0522. The fraction of sp³-hybridized carbons (Fsp3) is 0.200. The zero-order chi connectivity index (χ0) is 18.2. The van der Waals surface area contributed by atoms with Gasteiger partial charge in [-0.25, -0.2) is 13.1 Å². The van der Waals surface area contributed by atoms with Gasteiger partial charge in [0.15, 0.2) is 0 Å². The van der Waals surface area contributed by atoms with Crippen LogP contribution in [0.4, 0.5) is 5.69 Å². The molecule has 2 aromatic heterocycles. The molecular weight excluding hydrogens is 368 g/mol. The molecule has 0 radical (unpaired) electrons. The first-order valence-electron chi connectivity index (χ1n) is 7.30. The molecule has 0 aliphatic rings. The fourth-order valence-corrected chi connectivity index (χ4v) is 3.62. The molecule has 1 aromatic carbocycles. The normalized spacial score (nSPS) is 11.6. The van der Waals surface area contributed by atoms with Crippen LogP contribution < -0.4 is 15.0 Å². The average molecular weight is 383 g/mol. The van der Waals surface area contributed by atoms with Gasteiger partial charge in [-0.3, -0.25) is 13.9 Å². The van der Waals surface area contributed by atoms with E-state index < -0.39 is 10.0 Å². The SMILES string of the molecule is CCn1ncn2cc(S(=O)(=O)Nc3cc(Cl)ccc3OC)cc2c1=O. The lowest BCUT2D eigenvalue weighted by molar-refractivity contribution is 0.417. The van der Waals surface area contributed by atoms with E-state index in [1.807, 2.05) is 0 Å². The summed E-state index contributed by atoms with van der Waals surface area (Å²) in [6.45, 7) is 2.17. The van der Waals surface area contributed by atoms with E-state index >= 15 is 0 Å². The largest absolute Gasteiger partial charge is 0.495 e. The van der Waals surface area contributed by atoms with E-state index in [0.717, 1.165) is 0 Å². The molecule has 0 bridgehead atoms. The molecule has 0 unspecified atom stereocenters. The first-order chi connectivity index (χ1) is 11.9. The predicted molar refractivity (Wildman–Crippen MR) is 93.9 cm³/mol. The van der Waals surface area contributed by atoms with Crippen molar-refractivity contribution in [3.63, 3.8) is 0 Å². The smallest absolute Gasteiger partial charge is 0.291 e. The highest BCUT2D eigenvalue weighted by Crippen LogP contribution is 2.30. The average Bonchev–Trinajstić information content (AvgIpc) is 3.01. The Kier molecular flexibility index (Phi) is 4.44. The van der Waals surface area contributed by atoms with Gasteiger partial charge in [-0.1, -0.05) is 11.6 Å². The minimum absolute atomic E-state index is 0.0673. The molecule has 3 aromatic rings. The van der Waals surface area contributed by atoms with Crippen molar-refractivity contribution in [3.05, 3.63) is 52.2 Å². The van der Waals surface area contributed by atoms with Gasteiger partial charge < -0.3 is 4.74 Å². The van der Waals surface area contributed by atoms with E-state index in [-0.39, 0.29) is 21.7 Å². The molecule has 0 aliphatic carbocycles. The number of ether oxygens (including phenoxy) is 1. The number of nitrogens with zero attached hydrogens (tertiary/aromatic N) is 3. The molecule has 0 fully saturated rings. The summed E-state index contributed by atoms with van der Waals surface area (Å²) < 4.78 is 35.5. The Bertz CT molecular complexity index is 1100. The Labute approximate surface area is 148 Å². The molecule has 0 amide bonds. The standard InChI is InChI=1S/C15H15ClN4O4S/c1-3-20-15(21)13-7-11(8-19(13)9-17-20)25(22,23)18-12-6-10(16)4-5-14(12)24-2/h4-9,18H,3H2,1-2H3. The van der Waals surface area contributed by atoms with Crippen molar-refractivity contribution in [2.75, 3.05) is 11.8 Å². The molecule has 25 heavy (non-hydrogen) atoms. The van der Waals surface area contributed by atoms with Crippen LogP contribution in [0.15, 0.2) is 46.5 Å². The number of aryl methyl sites for hydroxylation is 1. The molecule has 0 saturated carbocycles. The quantitative estimate of drug-likeness (QED) is 0.728. The number of sulfonamides is 1. The molecule has 2 heterocycles. The number of anilines is 1. The number of methoxy groups -OCH3 is 1. The molecule has 10 heteroatoms. The van der Waals surface area contributed by atoms with Crippen LogP contribution in [0.2, 0.25) is 5.02 Å². The second-order valence-corrected chi connectivity index (χ2v) is 7.29. The predicted octanol–water partition coefficient (Wildman–Crippen LogP) is 1.98. The molecule has 0 aliphatic heterocycles. The first-order valence-corrected chi connectivity index (χ1v) is 9.16. The monoisotopic (exact) mass is 382 g/mol. The van der Waals surface area contributed by atoms with Gasteiger partial charge in [0, 0.05) is 17.8 Å². The number of hydrogen-bond donors (Lipinski definition) is 1. The highest BCUT2D eigenvalue weighted by molar-refractivity contribution is 7.92. The van der Waals surface area contributed by atoms with Crippen LogP contribution in [-0.4, -0.2) is 29.7 Å². The number of hydrogen-bond acceptors (Lipinski definition) is 5. The van der Waals surface area contributed by atoms with Crippen LogP contribution in [-0.2, 0) is 16.6 Å². The number of aromatic nitrogens is 3. The van der Waals surface area contributed by atoms with Crippen molar-refractivity contribution in [1.29, 1.82) is 0 Å². The van der Waals surface area contributed by atoms with E-state index in [0.29, 0.717) is 17.3 Å². The number of halogens is 1. The molecule has 8 nitrogen and oxygen atoms in total. The van der Waals surface area contributed by atoms with Crippen molar-refractivity contribution >= 4 is 32.8 Å². The maximum absolute atomic E-state index is 12.7. The van der Waals surface area contributed by atoms with Gasteiger partial charge in [-0.05, 0) is 31.2 Å². The Morgan fingerprint density at radius 1 is 1.32 bits per heavy atom. The van der Waals surface area contributed by atoms with Crippen molar-refractivity contribution in [1.82, 2.24) is 14.2 Å². The van der Waals surface area contributed by atoms with Gasteiger partial charge in [-0.2, -0.15) is 5.10 Å². The fourth-order valence-electron chi connectivity index (χ4n) is 2.36. The van der Waals surface area contributed by atoms with Crippen LogP contribution in [0, 0.1) is 0 Å². The topological polar surface area (TPSA) is 94.7 Å². The summed E-state index contributed by atoms with van der Waals surface area (Å²) in [7, 11) is -2.52. The third kappa shape index (κ3) is 3.20. The zero-order valence-electron chi connectivity index (χ0n) is 13.4. The number of nitrogens with one attached hydrogen (secondary N) is 1. The van der Waals surface area contributed by atoms with E-state index in [1.165, 1.54) is 40.8 Å². The lowest BCUT2D eigenvalue weighted by atomic mass is 10.3. The van der Waals surface area contributed by atoms with Crippen LogP contribution in [0.3, 0.4) is 0 Å². The summed E-state index contributed by atoms with van der Waals surface area (Å²) in [5, 5.41) is 4.31. The number of rotatable bonds is 5. The van der Waals surface area contributed by atoms with Gasteiger partial charge in [0.2, 0.25) is 0 Å². The Morgan fingerprint density at radius 2 is 2.08 bits per heavy atom. The Balaban J connectivity index is 2.06. The third-order valence-corrected chi connectivity index (χ3v) is 5.18. The maximum atomic E-state index is 12.7. The summed E-state index contributed by atoms with van der Waals surface area (Å²) in [5.74, 6) is 0.326. The summed E-state index contributed by atoms with van der Waals surface area (Å²) in [6.07, 6.45) is 2.71. The van der Waals surface area contributed by atoms with Gasteiger partial charge in [-0.15, -0.1) is 0 Å². The molecular formula is C15H15ClN4O4S. The second-order valence-electron chi connectivity index (χ2n) is 5.17. The molecule has 0 spiro atoms. The number of benzene rings is 1.